The van der Waals surface area contributed by atoms with E-state index in [1.165, 1.54) is 4.68 Å². The van der Waals surface area contributed by atoms with E-state index < -0.39 is 0 Å². The topological polar surface area (TPSA) is 81.3 Å². The van der Waals surface area contributed by atoms with Crippen molar-refractivity contribution in [3.8, 4) is 0 Å². The van der Waals surface area contributed by atoms with Crippen LogP contribution in [-0.2, 0) is 11.3 Å². The maximum absolute atomic E-state index is 12.7. The highest BCUT2D eigenvalue weighted by atomic mass is 32.1. The van der Waals surface area contributed by atoms with Crippen molar-refractivity contribution >= 4 is 33.0 Å². The molecule has 7 nitrogen and oxygen atoms in total. The van der Waals surface area contributed by atoms with E-state index in [0.717, 1.165) is 15.9 Å². The molecular weight excluding hydrogens is 350 g/mol. The van der Waals surface area contributed by atoms with Gasteiger partial charge in [0.2, 0.25) is 5.91 Å². The van der Waals surface area contributed by atoms with Gasteiger partial charge in [0.15, 0.2) is 0 Å². The van der Waals surface area contributed by atoms with Crippen LogP contribution in [-0.4, -0.2) is 25.1 Å². The lowest BCUT2D eigenvalue weighted by Gasteiger charge is -2.14. The fraction of sp³-hybridized carbons (Fsp3) is 0.222. The van der Waals surface area contributed by atoms with Crippen LogP contribution in [0.2, 0.25) is 0 Å². The molecule has 1 N–H and O–H groups in total. The number of amides is 1. The molecule has 4 aromatic heterocycles. The van der Waals surface area contributed by atoms with Crippen molar-refractivity contribution in [1.82, 2.24) is 24.5 Å². The summed E-state index contributed by atoms with van der Waals surface area (Å²) in [7, 11) is 0. The highest BCUT2D eigenvalue weighted by molar-refractivity contribution is 7.17. The maximum atomic E-state index is 12.7. The zero-order chi connectivity index (χ0) is 18.3. The van der Waals surface area contributed by atoms with Gasteiger partial charge in [-0.15, -0.1) is 11.3 Å². The molecule has 1 unspecified atom stereocenters. The number of carbonyl (C=O) groups is 1. The Bertz CT molecular complexity index is 1160. The second-order valence-electron chi connectivity index (χ2n) is 6.09. The Morgan fingerprint density at radius 1 is 1.31 bits per heavy atom. The second kappa shape index (κ2) is 6.38. The number of fused-ring (bicyclic) bond motifs is 3. The number of nitrogens with one attached hydrogen (secondary N) is 1. The van der Waals surface area contributed by atoms with Gasteiger partial charge in [-0.25, -0.2) is 4.68 Å². The molecule has 0 aliphatic heterocycles. The number of aromatic nitrogens is 4. The van der Waals surface area contributed by atoms with Crippen molar-refractivity contribution in [2.24, 2.45) is 0 Å². The van der Waals surface area contributed by atoms with Crippen LogP contribution < -0.4 is 10.9 Å². The van der Waals surface area contributed by atoms with Gasteiger partial charge >= 0.3 is 0 Å². The molecule has 0 aromatic carbocycles. The average Bonchev–Trinajstić information content (AvgIpc) is 3.21. The Morgan fingerprint density at radius 2 is 2.15 bits per heavy atom. The highest BCUT2D eigenvalue weighted by Gasteiger charge is 2.16. The normalized spacial score (nSPS) is 12.5. The predicted molar refractivity (Wildman–Crippen MR) is 100 cm³/mol. The summed E-state index contributed by atoms with van der Waals surface area (Å²) < 4.78 is 4.08. The van der Waals surface area contributed by atoms with E-state index in [4.69, 9.17) is 0 Å². The summed E-state index contributed by atoms with van der Waals surface area (Å²) in [6.45, 7) is 3.55. The summed E-state index contributed by atoms with van der Waals surface area (Å²) in [5.41, 5.74) is 1.98. The third-order valence-electron chi connectivity index (χ3n) is 4.27. The third-order valence-corrected chi connectivity index (χ3v) is 5.12. The zero-order valence-corrected chi connectivity index (χ0v) is 15.2. The van der Waals surface area contributed by atoms with Crippen molar-refractivity contribution in [1.29, 1.82) is 0 Å². The molecule has 0 saturated heterocycles. The molecule has 4 aromatic rings. The van der Waals surface area contributed by atoms with Crippen molar-refractivity contribution in [2.45, 2.75) is 26.4 Å². The summed E-state index contributed by atoms with van der Waals surface area (Å²) in [5.74, 6) is 0.383. The van der Waals surface area contributed by atoms with E-state index in [0.29, 0.717) is 11.3 Å². The van der Waals surface area contributed by atoms with Gasteiger partial charge in [0.1, 0.15) is 17.9 Å². The van der Waals surface area contributed by atoms with Crippen LogP contribution in [0.1, 0.15) is 24.5 Å². The van der Waals surface area contributed by atoms with Crippen molar-refractivity contribution < 1.29 is 4.79 Å². The molecule has 26 heavy (non-hydrogen) atoms. The van der Waals surface area contributed by atoms with Gasteiger partial charge in [0.25, 0.3) is 5.56 Å². The molecule has 0 bridgehead atoms. The minimum absolute atomic E-state index is 0.133. The average molecular weight is 367 g/mol. The van der Waals surface area contributed by atoms with Gasteiger partial charge in [0, 0.05) is 6.20 Å². The summed E-state index contributed by atoms with van der Waals surface area (Å²) in [4.78, 5) is 29.3. The molecule has 0 saturated carbocycles. The molecule has 1 atom stereocenters. The van der Waals surface area contributed by atoms with Gasteiger partial charge in [-0.05, 0) is 43.5 Å². The quantitative estimate of drug-likeness (QED) is 0.600. The van der Waals surface area contributed by atoms with E-state index in [9.17, 15) is 9.59 Å². The molecule has 8 heteroatoms. The van der Waals surface area contributed by atoms with E-state index in [-0.39, 0.29) is 24.1 Å². The number of carbonyl (C=O) groups excluding carboxylic acids is 1. The number of nitrogens with zero attached hydrogens (tertiary/aromatic N) is 4. The zero-order valence-electron chi connectivity index (χ0n) is 14.3. The molecular formula is C18H17N5O2S. The van der Waals surface area contributed by atoms with Gasteiger partial charge in [-0.3, -0.25) is 19.0 Å². The monoisotopic (exact) mass is 367 g/mol. The largest absolute Gasteiger partial charge is 0.346 e. The summed E-state index contributed by atoms with van der Waals surface area (Å²) in [6, 6.07) is 9.10. The van der Waals surface area contributed by atoms with Crippen LogP contribution in [0.15, 0.2) is 46.7 Å². The van der Waals surface area contributed by atoms with Gasteiger partial charge in [-0.1, -0.05) is 6.07 Å². The minimum atomic E-state index is -0.283. The molecule has 0 aliphatic rings. The van der Waals surface area contributed by atoms with Crippen molar-refractivity contribution in [2.75, 3.05) is 0 Å². The first-order valence-corrected chi connectivity index (χ1v) is 9.09. The predicted octanol–water partition coefficient (Wildman–Crippen LogP) is 2.29. The lowest BCUT2D eigenvalue weighted by atomic mass is 10.2. The van der Waals surface area contributed by atoms with Gasteiger partial charge < -0.3 is 5.32 Å². The molecule has 1 amide bonds. The Hall–Kier alpha value is -3.00. The Kier molecular flexibility index (Phi) is 4.04. The summed E-state index contributed by atoms with van der Waals surface area (Å²) in [6.07, 6.45) is 1.68. The van der Waals surface area contributed by atoms with Crippen LogP contribution >= 0.6 is 11.3 Å². The van der Waals surface area contributed by atoms with Crippen LogP contribution in [0.3, 0.4) is 0 Å². The van der Waals surface area contributed by atoms with Gasteiger partial charge in [-0.2, -0.15) is 5.10 Å². The van der Waals surface area contributed by atoms with Gasteiger partial charge in [0.05, 0.1) is 22.0 Å². The lowest BCUT2D eigenvalue weighted by Crippen LogP contribution is -2.36. The van der Waals surface area contributed by atoms with E-state index in [2.05, 4.69) is 15.4 Å². The Balaban J connectivity index is 1.62. The maximum Gasteiger partial charge on any atom is 0.291 e. The first-order valence-electron chi connectivity index (χ1n) is 8.21. The first kappa shape index (κ1) is 16.5. The van der Waals surface area contributed by atoms with Crippen LogP contribution in [0.5, 0.6) is 0 Å². The standard InChI is InChI=1S/C18H17N5O2S/c1-11(13-5-3-4-7-19-13)20-17(24)10-22-18(25)15-9-16-14(6-8-26-16)23(15)12(2)21-22/h3-9,11H,10H2,1-2H3,(H,20,24). The molecule has 0 spiro atoms. The SMILES string of the molecule is Cc1nn(CC(=O)NC(C)c2ccccn2)c(=O)c2cc3sccc3n12. The highest BCUT2D eigenvalue weighted by Crippen LogP contribution is 2.24. The minimum Gasteiger partial charge on any atom is -0.346 e. The molecule has 132 valence electrons. The van der Waals surface area contributed by atoms with Crippen LogP contribution in [0, 0.1) is 6.92 Å². The van der Waals surface area contributed by atoms with Crippen LogP contribution in [0.4, 0.5) is 0 Å². The number of hydrogen-bond acceptors (Lipinski definition) is 5. The van der Waals surface area contributed by atoms with Crippen molar-refractivity contribution in [3.05, 3.63) is 63.8 Å². The fourth-order valence-corrected chi connectivity index (χ4v) is 3.87. The smallest absolute Gasteiger partial charge is 0.291 e. The first-order chi connectivity index (χ1) is 12.5. The Morgan fingerprint density at radius 3 is 2.92 bits per heavy atom. The number of aryl methyl sites for hydroxylation is 1. The second-order valence-corrected chi connectivity index (χ2v) is 7.04. The summed E-state index contributed by atoms with van der Waals surface area (Å²) >= 11 is 1.57. The van der Waals surface area contributed by atoms with E-state index >= 15 is 0 Å². The molecule has 0 fully saturated rings. The molecule has 0 aliphatic carbocycles. The lowest BCUT2D eigenvalue weighted by molar-refractivity contribution is -0.122. The van der Waals surface area contributed by atoms with Crippen molar-refractivity contribution in [3.63, 3.8) is 0 Å². The molecule has 0 radical (unpaired) electrons. The number of pyridine rings is 1. The molecule has 4 heterocycles. The van der Waals surface area contributed by atoms with E-state index in [1.807, 2.05) is 54.0 Å². The molecule has 4 rings (SSSR count). The number of hydrogen-bond donors (Lipinski definition) is 1. The third kappa shape index (κ3) is 2.78. The number of thiophene rings is 1. The fourth-order valence-electron chi connectivity index (χ4n) is 3.06. The van der Waals surface area contributed by atoms with E-state index in [1.54, 1.807) is 17.5 Å². The Labute approximate surface area is 152 Å². The van der Waals surface area contributed by atoms with Crippen LogP contribution in [0.25, 0.3) is 15.7 Å². The summed E-state index contributed by atoms with van der Waals surface area (Å²) in [5, 5.41) is 9.15. The number of rotatable bonds is 4.